The van der Waals surface area contributed by atoms with Gasteiger partial charge in [0.05, 0.1) is 0 Å². The third-order valence-electron chi connectivity index (χ3n) is 3.89. The van der Waals surface area contributed by atoms with Crippen molar-refractivity contribution in [3.05, 3.63) is 71.8 Å². The molecule has 0 atom stereocenters. The lowest BCUT2D eigenvalue weighted by Crippen LogP contribution is -2.23. The fraction of sp³-hybridized carbons (Fsp3) is 0.111. The lowest BCUT2D eigenvalue weighted by molar-refractivity contribution is -0.140. The zero-order chi connectivity index (χ0) is 15.7. The van der Waals surface area contributed by atoms with Crippen molar-refractivity contribution < 1.29 is 14.3 Å². The van der Waals surface area contributed by atoms with Gasteiger partial charge in [0.2, 0.25) is 0 Å². The van der Waals surface area contributed by atoms with Gasteiger partial charge in [-0.15, -0.1) is 0 Å². The van der Waals surface area contributed by atoms with Crippen LogP contribution in [-0.4, -0.2) is 18.5 Å². The maximum Gasteiger partial charge on any atom is 0.343 e. The van der Waals surface area contributed by atoms with Gasteiger partial charge in [-0.2, -0.15) is 0 Å². The molecule has 2 aromatic carbocycles. The van der Waals surface area contributed by atoms with Gasteiger partial charge >= 0.3 is 5.97 Å². The van der Waals surface area contributed by atoms with E-state index in [1.165, 1.54) is 0 Å². The Morgan fingerprint density at radius 1 is 1.00 bits per heavy atom. The number of carbonyl (C=O) groups is 2. The Hall–Kier alpha value is -2.88. The summed E-state index contributed by atoms with van der Waals surface area (Å²) in [5.74, 6) is -1.68. The molecule has 0 radical (unpaired) electrons. The molecule has 0 fully saturated rings. The van der Waals surface area contributed by atoms with Crippen molar-refractivity contribution in [2.75, 3.05) is 6.61 Å². The smallest absolute Gasteiger partial charge is 0.343 e. The predicted molar refractivity (Wildman–Crippen MR) is 83.0 cm³/mol. The number of hydrogen-bond donors (Lipinski definition) is 1. The Labute approximate surface area is 128 Å². The molecule has 3 rings (SSSR count). The van der Waals surface area contributed by atoms with Gasteiger partial charge in [-0.3, -0.25) is 4.79 Å². The van der Waals surface area contributed by atoms with Crippen LogP contribution < -0.4 is 5.73 Å². The topological polar surface area (TPSA) is 69.4 Å². The zero-order valence-corrected chi connectivity index (χ0v) is 11.9. The van der Waals surface area contributed by atoms with Crippen LogP contribution in [0.2, 0.25) is 0 Å². The molecule has 1 aliphatic carbocycles. The number of hydrogen-bond acceptors (Lipinski definition) is 3. The Morgan fingerprint density at radius 2 is 1.50 bits per heavy atom. The number of nitrogens with two attached hydrogens (primary N) is 1. The normalized spacial score (nSPS) is 12.4. The molecule has 0 saturated carbocycles. The van der Waals surface area contributed by atoms with E-state index in [1.54, 1.807) is 0 Å². The Balaban J connectivity index is 1.87. The Bertz CT molecular complexity index is 734. The van der Waals surface area contributed by atoms with Gasteiger partial charge < -0.3 is 10.5 Å². The summed E-state index contributed by atoms with van der Waals surface area (Å²) in [6, 6.07) is 16.0. The van der Waals surface area contributed by atoms with Gasteiger partial charge in [0.15, 0.2) is 0 Å². The zero-order valence-electron chi connectivity index (χ0n) is 11.9. The maximum absolute atomic E-state index is 11.7. The largest absolute Gasteiger partial charge is 0.461 e. The lowest BCUT2D eigenvalue weighted by atomic mass is 9.98. The van der Waals surface area contributed by atoms with Crippen molar-refractivity contribution >= 4 is 11.9 Å². The van der Waals surface area contributed by atoms with Gasteiger partial charge in [0, 0.05) is 5.92 Å². The summed E-state index contributed by atoms with van der Waals surface area (Å²) in [6.07, 6.45) is 0. The number of carbonyl (C=O) groups excluding carboxylic acids is 2. The highest BCUT2D eigenvalue weighted by molar-refractivity contribution is 6.15. The van der Waals surface area contributed by atoms with Crippen LogP contribution in [0.1, 0.15) is 17.0 Å². The third kappa shape index (κ3) is 2.29. The number of amides is 1. The molecule has 4 nitrogen and oxygen atoms in total. The lowest BCUT2D eigenvalue weighted by Gasteiger charge is -2.14. The minimum atomic E-state index is -0.864. The van der Waals surface area contributed by atoms with Crippen molar-refractivity contribution in [3.8, 4) is 11.1 Å². The van der Waals surface area contributed by atoms with E-state index in [9.17, 15) is 9.59 Å². The van der Waals surface area contributed by atoms with Crippen LogP contribution in [-0.2, 0) is 14.3 Å². The number of primary amides is 1. The summed E-state index contributed by atoms with van der Waals surface area (Å²) in [6.45, 7) is 3.49. The summed E-state index contributed by atoms with van der Waals surface area (Å²) >= 11 is 0. The average Bonchev–Trinajstić information content (AvgIpc) is 2.86. The fourth-order valence-corrected chi connectivity index (χ4v) is 2.79. The number of benzene rings is 2. The van der Waals surface area contributed by atoms with Crippen molar-refractivity contribution in [3.63, 3.8) is 0 Å². The second-order valence-electron chi connectivity index (χ2n) is 5.17. The second kappa shape index (κ2) is 5.48. The monoisotopic (exact) mass is 293 g/mol. The number of ether oxygens (including phenoxy) is 1. The maximum atomic E-state index is 11.7. The van der Waals surface area contributed by atoms with Gasteiger partial charge in [-0.05, 0) is 22.3 Å². The molecule has 0 spiro atoms. The van der Waals surface area contributed by atoms with Gasteiger partial charge in [0.1, 0.15) is 12.2 Å². The molecule has 110 valence electrons. The van der Waals surface area contributed by atoms with E-state index in [2.05, 4.69) is 18.7 Å². The predicted octanol–water partition coefficient (Wildman–Crippen LogP) is 2.38. The summed E-state index contributed by atoms with van der Waals surface area (Å²) in [5.41, 5.74) is 9.22. The van der Waals surface area contributed by atoms with Crippen LogP contribution in [0, 0.1) is 0 Å². The summed E-state index contributed by atoms with van der Waals surface area (Å²) < 4.78 is 5.22. The van der Waals surface area contributed by atoms with E-state index in [-0.39, 0.29) is 18.1 Å². The minimum absolute atomic E-state index is 0.0444. The fourth-order valence-electron chi connectivity index (χ4n) is 2.79. The molecule has 2 aromatic rings. The highest BCUT2D eigenvalue weighted by Crippen LogP contribution is 2.44. The molecule has 0 aromatic heterocycles. The standard InChI is InChI=1S/C18H15NO3/c1-11(17(19)20)18(21)22-10-16-14-8-4-2-6-12(14)13-7-3-5-9-15(13)16/h2-9,16H,1,10H2,(H2,19,20). The van der Waals surface area contributed by atoms with E-state index in [0.717, 1.165) is 22.3 Å². The highest BCUT2D eigenvalue weighted by Gasteiger charge is 2.29. The molecule has 4 heteroatoms. The molecular formula is C18H15NO3. The molecule has 0 saturated heterocycles. The van der Waals surface area contributed by atoms with E-state index >= 15 is 0 Å². The first-order valence-electron chi connectivity index (χ1n) is 6.93. The number of rotatable bonds is 4. The van der Waals surface area contributed by atoms with E-state index in [1.807, 2.05) is 36.4 Å². The SMILES string of the molecule is C=C(C(N)=O)C(=O)OCC1c2ccccc2-c2ccccc21. The average molecular weight is 293 g/mol. The number of esters is 1. The van der Waals surface area contributed by atoms with Gasteiger partial charge in [-0.1, -0.05) is 55.1 Å². The van der Waals surface area contributed by atoms with Crippen molar-refractivity contribution in [2.45, 2.75) is 5.92 Å². The van der Waals surface area contributed by atoms with Crippen molar-refractivity contribution in [1.29, 1.82) is 0 Å². The van der Waals surface area contributed by atoms with E-state index in [0.29, 0.717) is 0 Å². The molecule has 0 heterocycles. The molecule has 1 aliphatic rings. The van der Waals surface area contributed by atoms with Crippen LogP contribution in [0.3, 0.4) is 0 Å². The van der Waals surface area contributed by atoms with E-state index < -0.39 is 11.9 Å². The third-order valence-corrected chi connectivity index (χ3v) is 3.89. The molecular weight excluding hydrogens is 278 g/mol. The molecule has 1 amide bonds. The molecule has 0 aliphatic heterocycles. The summed E-state index contributed by atoms with van der Waals surface area (Å²) in [5, 5.41) is 0. The molecule has 2 N–H and O–H groups in total. The summed E-state index contributed by atoms with van der Waals surface area (Å²) in [4.78, 5) is 22.7. The number of fused-ring (bicyclic) bond motifs is 3. The Kier molecular flexibility index (Phi) is 3.51. The van der Waals surface area contributed by atoms with Crippen LogP contribution in [0.15, 0.2) is 60.7 Å². The van der Waals surface area contributed by atoms with E-state index in [4.69, 9.17) is 10.5 Å². The van der Waals surface area contributed by atoms with Gasteiger partial charge in [-0.25, -0.2) is 4.79 Å². The quantitative estimate of drug-likeness (QED) is 0.407. The first kappa shape index (κ1) is 14.1. The molecule has 0 unspecified atom stereocenters. The first-order valence-corrected chi connectivity index (χ1v) is 6.93. The second-order valence-corrected chi connectivity index (χ2v) is 5.17. The van der Waals surface area contributed by atoms with Crippen LogP contribution in [0.5, 0.6) is 0 Å². The van der Waals surface area contributed by atoms with Crippen molar-refractivity contribution in [2.24, 2.45) is 5.73 Å². The molecule has 0 bridgehead atoms. The molecule has 22 heavy (non-hydrogen) atoms. The van der Waals surface area contributed by atoms with Crippen LogP contribution in [0.25, 0.3) is 11.1 Å². The summed E-state index contributed by atoms with van der Waals surface area (Å²) in [7, 11) is 0. The highest BCUT2D eigenvalue weighted by atomic mass is 16.5. The van der Waals surface area contributed by atoms with Crippen molar-refractivity contribution in [1.82, 2.24) is 0 Å². The van der Waals surface area contributed by atoms with Crippen LogP contribution in [0.4, 0.5) is 0 Å². The first-order chi connectivity index (χ1) is 10.6. The minimum Gasteiger partial charge on any atom is -0.461 e. The van der Waals surface area contributed by atoms with Gasteiger partial charge in [0.25, 0.3) is 5.91 Å². The Morgan fingerprint density at radius 3 is 2.00 bits per heavy atom. The van der Waals surface area contributed by atoms with Crippen LogP contribution >= 0.6 is 0 Å².